The van der Waals surface area contributed by atoms with E-state index in [9.17, 15) is 9.18 Å². The van der Waals surface area contributed by atoms with Gasteiger partial charge in [0.2, 0.25) is 0 Å². The number of aryl methyl sites for hydroxylation is 1. The first kappa shape index (κ1) is 14.5. The summed E-state index contributed by atoms with van der Waals surface area (Å²) in [6.07, 6.45) is 4.23. The summed E-state index contributed by atoms with van der Waals surface area (Å²) in [6, 6.07) is 4.40. The van der Waals surface area contributed by atoms with Gasteiger partial charge in [0.15, 0.2) is 5.78 Å². The van der Waals surface area contributed by atoms with Gasteiger partial charge in [0.25, 0.3) is 0 Å². The van der Waals surface area contributed by atoms with Crippen LogP contribution in [0.2, 0.25) is 5.02 Å². The van der Waals surface area contributed by atoms with Crippen molar-refractivity contribution in [1.82, 2.24) is 9.78 Å². The summed E-state index contributed by atoms with van der Waals surface area (Å²) in [5, 5.41) is 4.38. The number of benzene rings is 1. The summed E-state index contributed by atoms with van der Waals surface area (Å²) in [4.78, 5) is 12.1. The number of allylic oxidation sites excluding steroid dienone is 1. The van der Waals surface area contributed by atoms with Crippen molar-refractivity contribution in [2.45, 2.75) is 20.4 Å². The lowest BCUT2D eigenvalue weighted by molar-refractivity contribution is 0.104. The maximum Gasteiger partial charge on any atom is 0.189 e. The molecule has 2 aromatic rings. The van der Waals surface area contributed by atoms with E-state index in [1.165, 1.54) is 30.5 Å². The van der Waals surface area contributed by atoms with Gasteiger partial charge < -0.3 is 0 Å². The summed E-state index contributed by atoms with van der Waals surface area (Å²) in [7, 11) is 0. The van der Waals surface area contributed by atoms with Crippen LogP contribution < -0.4 is 0 Å². The van der Waals surface area contributed by atoms with E-state index in [0.29, 0.717) is 12.1 Å². The van der Waals surface area contributed by atoms with Gasteiger partial charge >= 0.3 is 0 Å². The van der Waals surface area contributed by atoms with Gasteiger partial charge in [-0.05, 0) is 38.1 Å². The second kappa shape index (κ2) is 6.01. The third-order valence-electron chi connectivity index (χ3n) is 3.07. The first-order valence-corrected chi connectivity index (χ1v) is 6.61. The molecule has 0 atom stereocenters. The van der Waals surface area contributed by atoms with E-state index in [1.54, 1.807) is 10.7 Å². The van der Waals surface area contributed by atoms with E-state index in [2.05, 4.69) is 5.10 Å². The van der Waals surface area contributed by atoms with Crippen LogP contribution in [0.4, 0.5) is 4.39 Å². The maximum atomic E-state index is 13.6. The standard InChI is InChI=1S/C15H14ClFN2O/c1-3-19-10(2)12(9-18-19)15(20)8-7-11-13(16)5-4-6-14(11)17/h4-9H,3H2,1-2H3/b8-7+. The van der Waals surface area contributed by atoms with Gasteiger partial charge in [0, 0.05) is 17.8 Å². The summed E-state index contributed by atoms with van der Waals surface area (Å²) in [5.41, 5.74) is 1.51. The molecular formula is C15H14ClFN2O. The third-order valence-corrected chi connectivity index (χ3v) is 3.40. The van der Waals surface area contributed by atoms with Crippen LogP contribution in [0.15, 0.2) is 30.5 Å². The van der Waals surface area contributed by atoms with Crippen LogP contribution >= 0.6 is 11.6 Å². The monoisotopic (exact) mass is 292 g/mol. The van der Waals surface area contributed by atoms with Crippen LogP contribution in [0.25, 0.3) is 6.08 Å². The van der Waals surface area contributed by atoms with Crippen molar-refractivity contribution < 1.29 is 9.18 Å². The highest BCUT2D eigenvalue weighted by Gasteiger charge is 2.11. The predicted octanol–water partition coefficient (Wildman–Crippen LogP) is 3.90. The van der Waals surface area contributed by atoms with E-state index in [1.807, 2.05) is 13.8 Å². The number of hydrogen-bond acceptors (Lipinski definition) is 2. The molecule has 3 nitrogen and oxygen atoms in total. The highest BCUT2D eigenvalue weighted by Crippen LogP contribution is 2.20. The Kier molecular flexibility index (Phi) is 4.35. The largest absolute Gasteiger partial charge is 0.289 e. The number of hydrogen-bond donors (Lipinski definition) is 0. The van der Waals surface area contributed by atoms with E-state index in [0.717, 1.165) is 5.69 Å². The van der Waals surface area contributed by atoms with Crippen LogP contribution in [-0.2, 0) is 6.54 Å². The summed E-state index contributed by atoms with van der Waals surface area (Å²) in [6.45, 7) is 4.47. The molecule has 0 aliphatic rings. The normalized spacial score (nSPS) is 11.2. The molecule has 0 saturated carbocycles. The number of carbonyl (C=O) groups is 1. The van der Waals surface area contributed by atoms with Crippen molar-refractivity contribution in [3.8, 4) is 0 Å². The van der Waals surface area contributed by atoms with Gasteiger partial charge in [-0.15, -0.1) is 0 Å². The van der Waals surface area contributed by atoms with Gasteiger partial charge in [0.05, 0.1) is 16.8 Å². The second-order valence-electron chi connectivity index (χ2n) is 4.29. The molecule has 20 heavy (non-hydrogen) atoms. The summed E-state index contributed by atoms with van der Waals surface area (Å²) in [5.74, 6) is -0.677. The smallest absolute Gasteiger partial charge is 0.189 e. The highest BCUT2D eigenvalue weighted by atomic mass is 35.5. The molecule has 0 saturated heterocycles. The fraction of sp³-hybridized carbons (Fsp3) is 0.200. The Morgan fingerprint density at radius 3 is 2.85 bits per heavy atom. The van der Waals surface area contributed by atoms with E-state index in [4.69, 9.17) is 11.6 Å². The number of carbonyl (C=O) groups excluding carboxylic acids is 1. The average Bonchev–Trinajstić information content (AvgIpc) is 2.79. The van der Waals surface area contributed by atoms with Crippen LogP contribution in [0, 0.1) is 12.7 Å². The molecule has 0 radical (unpaired) electrons. The molecular weight excluding hydrogens is 279 g/mol. The van der Waals surface area contributed by atoms with Gasteiger partial charge in [-0.3, -0.25) is 9.48 Å². The minimum atomic E-state index is -0.456. The number of nitrogens with zero attached hydrogens (tertiary/aromatic N) is 2. The topological polar surface area (TPSA) is 34.9 Å². The SMILES string of the molecule is CCn1ncc(C(=O)/C=C/c2c(F)cccc2Cl)c1C. The van der Waals surface area contributed by atoms with Crippen molar-refractivity contribution in [3.63, 3.8) is 0 Å². The lowest BCUT2D eigenvalue weighted by atomic mass is 10.1. The Balaban J connectivity index is 2.27. The molecule has 0 amide bonds. The Hall–Kier alpha value is -1.94. The molecule has 0 fully saturated rings. The zero-order valence-corrected chi connectivity index (χ0v) is 12.0. The maximum absolute atomic E-state index is 13.6. The molecule has 0 spiro atoms. The first-order valence-electron chi connectivity index (χ1n) is 6.23. The molecule has 0 aliphatic carbocycles. The molecule has 1 aromatic carbocycles. The summed E-state index contributed by atoms with van der Waals surface area (Å²) < 4.78 is 15.3. The average molecular weight is 293 g/mol. The second-order valence-corrected chi connectivity index (χ2v) is 4.70. The van der Waals surface area contributed by atoms with Crippen LogP contribution in [0.5, 0.6) is 0 Å². The fourth-order valence-electron chi connectivity index (χ4n) is 1.93. The van der Waals surface area contributed by atoms with Crippen molar-refractivity contribution in [2.75, 3.05) is 0 Å². The Morgan fingerprint density at radius 2 is 2.25 bits per heavy atom. The Labute approximate surface area is 121 Å². The molecule has 0 aliphatic heterocycles. The lowest BCUT2D eigenvalue weighted by Gasteiger charge is -2.00. The Morgan fingerprint density at radius 1 is 1.50 bits per heavy atom. The Bertz CT molecular complexity index is 656. The zero-order valence-electron chi connectivity index (χ0n) is 11.2. The van der Waals surface area contributed by atoms with Crippen LogP contribution in [0.3, 0.4) is 0 Å². The number of ketones is 1. The zero-order chi connectivity index (χ0) is 14.7. The quantitative estimate of drug-likeness (QED) is 0.633. The summed E-state index contributed by atoms with van der Waals surface area (Å²) >= 11 is 5.90. The number of aromatic nitrogens is 2. The lowest BCUT2D eigenvalue weighted by Crippen LogP contribution is -2.01. The van der Waals surface area contributed by atoms with E-state index < -0.39 is 5.82 Å². The minimum absolute atomic E-state index is 0.211. The van der Waals surface area contributed by atoms with Crippen molar-refractivity contribution in [2.24, 2.45) is 0 Å². The molecule has 0 bridgehead atoms. The van der Waals surface area contributed by atoms with Crippen molar-refractivity contribution in [1.29, 1.82) is 0 Å². The highest BCUT2D eigenvalue weighted by molar-refractivity contribution is 6.32. The van der Waals surface area contributed by atoms with Gasteiger partial charge in [-0.1, -0.05) is 17.7 Å². The van der Waals surface area contributed by atoms with Gasteiger partial charge in [-0.25, -0.2) is 4.39 Å². The molecule has 0 unspecified atom stereocenters. The molecule has 5 heteroatoms. The first-order chi connectivity index (χ1) is 9.54. The fourth-order valence-corrected chi connectivity index (χ4v) is 2.15. The van der Waals surface area contributed by atoms with Crippen molar-refractivity contribution >= 4 is 23.5 Å². The van der Waals surface area contributed by atoms with Crippen LogP contribution in [0.1, 0.15) is 28.5 Å². The minimum Gasteiger partial charge on any atom is -0.289 e. The predicted molar refractivity (Wildman–Crippen MR) is 77.4 cm³/mol. The third kappa shape index (κ3) is 2.80. The molecule has 104 valence electrons. The van der Waals surface area contributed by atoms with Gasteiger partial charge in [0.1, 0.15) is 5.82 Å². The number of halogens is 2. The van der Waals surface area contributed by atoms with Crippen LogP contribution in [-0.4, -0.2) is 15.6 Å². The van der Waals surface area contributed by atoms with Crippen molar-refractivity contribution in [3.05, 3.63) is 58.1 Å². The van der Waals surface area contributed by atoms with E-state index >= 15 is 0 Å². The van der Waals surface area contributed by atoms with E-state index in [-0.39, 0.29) is 16.4 Å². The number of rotatable bonds is 4. The molecule has 2 rings (SSSR count). The van der Waals surface area contributed by atoms with Gasteiger partial charge in [-0.2, -0.15) is 5.10 Å². The molecule has 1 aromatic heterocycles. The molecule has 1 heterocycles. The molecule has 0 N–H and O–H groups in total.